The van der Waals surface area contributed by atoms with E-state index in [1.54, 1.807) is 24.3 Å². The molecular formula is C67H82N6O8. The van der Waals surface area contributed by atoms with Gasteiger partial charge in [0.25, 0.3) is 0 Å². The molecule has 2 unspecified atom stereocenters. The van der Waals surface area contributed by atoms with Crippen molar-refractivity contribution in [1.82, 2.24) is 29.9 Å². The monoisotopic (exact) mass is 1100 g/mol. The van der Waals surface area contributed by atoms with Gasteiger partial charge in [-0.25, -0.2) is 29.9 Å². The normalized spacial score (nSPS) is 11.7. The highest BCUT2D eigenvalue weighted by Gasteiger charge is 2.20. The Morgan fingerprint density at radius 1 is 0.358 bits per heavy atom. The van der Waals surface area contributed by atoms with Crippen molar-refractivity contribution in [2.24, 2.45) is 0 Å². The molecule has 81 heavy (non-hydrogen) atoms. The molecule has 2 atom stereocenters. The minimum absolute atomic E-state index is 0.0226. The summed E-state index contributed by atoms with van der Waals surface area (Å²) >= 11 is 0. The van der Waals surface area contributed by atoms with E-state index in [2.05, 4.69) is 79.7 Å². The Morgan fingerprint density at radius 2 is 0.617 bits per heavy atom. The van der Waals surface area contributed by atoms with Crippen molar-refractivity contribution in [2.45, 2.75) is 127 Å². The summed E-state index contributed by atoms with van der Waals surface area (Å²) in [5, 5.41) is 42.2. The molecule has 0 bridgehead atoms. The maximum absolute atomic E-state index is 10.9. The minimum Gasteiger partial charge on any atom is -0.507 e. The van der Waals surface area contributed by atoms with Gasteiger partial charge in [-0.2, -0.15) is 0 Å². The summed E-state index contributed by atoms with van der Waals surface area (Å²) in [5.74, 6) is 3.71. The van der Waals surface area contributed by atoms with E-state index in [1.165, 1.54) is 18.6 Å². The highest BCUT2D eigenvalue weighted by atomic mass is 16.5. The predicted octanol–water partition coefficient (Wildman–Crippen LogP) is 14.2. The fourth-order valence-corrected chi connectivity index (χ4v) is 8.73. The van der Waals surface area contributed by atoms with Crippen LogP contribution in [0.2, 0.25) is 0 Å². The Labute approximate surface area is 479 Å². The van der Waals surface area contributed by atoms with Crippen molar-refractivity contribution in [1.29, 1.82) is 0 Å². The summed E-state index contributed by atoms with van der Waals surface area (Å²) in [6, 6.07) is 34.6. The molecule has 14 heteroatoms. The minimum atomic E-state index is -0.757. The van der Waals surface area contributed by atoms with E-state index >= 15 is 0 Å². The van der Waals surface area contributed by atoms with Gasteiger partial charge in [0, 0.05) is 47.6 Å². The van der Waals surface area contributed by atoms with Gasteiger partial charge in [0.15, 0.2) is 34.9 Å². The van der Waals surface area contributed by atoms with Crippen LogP contribution in [-0.4, -0.2) is 102 Å². The number of hydrogen-bond acceptors (Lipinski definition) is 14. The third kappa shape index (κ3) is 18.2. The third-order valence-electron chi connectivity index (χ3n) is 13.0. The van der Waals surface area contributed by atoms with E-state index in [1.807, 2.05) is 76.2 Å². The SMILES string of the molecule is CCC.CCCCOCC(O)COc1ccc(-c2nc(-c3ccc(C)cc3C)nc(-c3ccc(C)cc3C)n2)c(O)c1.CCCCOCC(O)COc1ccc(-c2nc(-c3ccc(C)cc3C)nc(-c3ccc(C)cc3C)n2)c(O)c1. The summed E-state index contributed by atoms with van der Waals surface area (Å²) in [7, 11) is 0. The van der Waals surface area contributed by atoms with Crippen LogP contribution < -0.4 is 9.47 Å². The molecule has 428 valence electrons. The van der Waals surface area contributed by atoms with Crippen molar-refractivity contribution in [3.05, 3.63) is 154 Å². The molecule has 0 saturated heterocycles. The largest absolute Gasteiger partial charge is 0.507 e. The molecule has 0 amide bonds. The lowest BCUT2D eigenvalue weighted by molar-refractivity contribution is 0.0113. The molecule has 0 aliphatic heterocycles. The highest BCUT2D eigenvalue weighted by molar-refractivity contribution is 5.74. The number of benzene rings is 6. The Balaban J connectivity index is 0.000000249. The maximum atomic E-state index is 10.9. The molecule has 0 aliphatic rings. The molecule has 2 aromatic heterocycles. The van der Waals surface area contributed by atoms with Crippen molar-refractivity contribution >= 4 is 0 Å². The van der Waals surface area contributed by atoms with Crippen LogP contribution >= 0.6 is 0 Å². The Bertz CT molecular complexity index is 2970. The van der Waals surface area contributed by atoms with Crippen LogP contribution in [-0.2, 0) is 9.47 Å². The first kappa shape index (κ1) is 62.6. The van der Waals surface area contributed by atoms with E-state index in [-0.39, 0.29) is 37.9 Å². The smallest absolute Gasteiger partial charge is 0.167 e. The summed E-state index contributed by atoms with van der Waals surface area (Å²) in [6.07, 6.45) is 3.72. The first-order chi connectivity index (χ1) is 38.9. The molecule has 8 aromatic rings. The van der Waals surface area contributed by atoms with E-state index < -0.39 is 12.2 Å². The number of aliphatic hydroxyl groups is 2. The van der Waals surface area contributed by atoms with E-state index in [0.29, 0.717) is 70.8 Å². The first-order valence-corrected chi connectivity index (χ1v) is 28.2. The summed E-state index contributed by atoms with van der Waals surface area (Å²) in [4.78, 5) is 28.8. The molecule has 14 nitrogen and oxygen atoms in total. The second-order valence-electron chi connectivity index (χ2n) is 20.7. The van der Waals surface area contributed by atoms with Gasteiger partial charge >= 0.3 is 0 Å². The molecule has 0 spiro atoms. The number of aromatic nitrogens is 6. The molecule has 2 heterocycles. The Kier molecular flexibility index (Phi) is 23.8. The van der Waals surface area contributed by atoms with Gasteiger partial charge in [-0.3, -0.25) is 0 Å². The van der Waals surface area contributed by atoms with E-state index in [0.717, 1.165) is 92.4 Å². The number of hydrogen-bond donors (Lipinski definition) is 4. The Morgan fingerprint density at radius 3 is 0.864 bits per heavy atom. The van der Waals surface area contributed by atoms with Crippen molar-refractivity contribution in [3.63, 3.8) is 0 Å². The van der Waals surface area contributed by atoms with Gasteiger partial charge in [-0.1, -0.05) is 142 Å². The van der Waals surface area contributed by atoms with Crippen LogP contribution in [0.5, 0.6) is 23.0 Å². The number of ether oxygens (including phenoxy) is 4. The third-order valence-corrected chi connectivity index (χ3v) is 13.0. The number of unbranched alkanes of at least 4 members (excludes halogenated alkanes) is 2. The number of rotatable bonds is 22. The molecule has 0 saturated carbocycles. The van der Waals surface area contributed by atoms with Crippen LogP contribution in [0.1, 0.15) is 104 Å². The number of aliphatic hydroxyl groups excluding tert-OH is 2. The number of nitrogens with zero attached hydrogens (tertiary/aromatic N) is 6. The van der Waals surface area contributed by atoms with Gasteiger partial charge < -0.3 is 39.4 Å². The van der Waals surface area contributed by atoms with Gasteiger partial charge in [0.05, 0.1) is 24.3 Å². The lowest BCUT2D eigenvalue weighted by Gasteiger charge is -2.14. The van der Waals surface area contributed by atoms with Crippen LogP contribution in [0.3, 0.4) is 0 Å². The number of phenols is 2. The average Bonchev–Trinajstić information content (AvgIpc) is 3.51. The Hall–Kier alpha value is -7.62. The quantitative estimate of drug-likeness (QED) is 0.0468. The van der Waals surface area contributed by atoms with E-state index in [9.17, 15) is 20.4 Å². The fraction of sp³-hybridized carbons (Fsp3) is 0.373. The predicted molar refractivity (Wildman–Crippen MR) is 324 cm³/mol. The second kappa shape index (κ2) is 30.8. The van der Waals surface area contributed by atoms with Crippen LogP contribution in [0, 0.1) is 55.4 Å². The van der Waals surface area contributed by atoms with Crippen molar-refractivity contribution in [2.75, 3.05) is 39.6 Å². The van der Waals surface area contributed by atoms with Crippen LogP contribution in [0.4, 0.5) is 0 Å². The zero-order valence-electron chi connectivity index (χ0n) is 49.4. The number of aryl methyl sites for hydroxylation is 8. The molecule has 8 rings (SSSR count). The molecule has 4 N–H and O–H groups in total. The summed E-state index contributed by atoms with van der Waals surface area (Å²) in [6.45, 7) is 26.5. The van der Waals surface area contributed by atoms with Crippen LogP contribution in [0.15, 0.2) is 109 Å². The molecule has 0 fully saturated rings. The summed E-state index contributed by atoms with van der Waals surface area (Å²) < 4.78 is 22.3. The fourth-order valence-electron chi connectivity index (χ4n) is 8.73. The summed E-state index contributed by atoms with van der Waals surface area (Å²) in [5.41, 5.74) is 13.4. The number of aromatic hydroxyl groups is 2. The standard InChI is InChI=1S/2C32H37N3O4.C3H8/c2*1-6-7-14-38-18-24(36)19-39-25-10-13-28(29(37)17-25)32-34-30(26-11-8-20(2)15-22(26)4)33-31(35-32)27-12-9-21(3)16-23(27)5;1-3-2/h2*8-13,15-17,24,36-37H,6-7,14,18-19H2,1-5H3;3H2,1-2H3. The average molecular weight is 1100 g/mol. The zero-order valence-corrected chi connectivity index (χ0v) is 49.4. The first-order valence-electron chi connectivity index (χ1n) is 28.2. The van der Waals surface area contributed by atoms with Gasteiger partial charge in [-0.15, -0.1) is 0 Å². The van der Waals surface area contributed by atoms with Gasteiger partial charge in [0.2, 0.25) is 0 Å². The van der Waals surface area contributed by atoms with Gasteiger partial charge in [0.1, 0.15) is 48.4 Å². The highest BCUT2D eigenvalue weighted by Crippen LogP contribution is 2.36. The molecule has 0 aliphatic carbocycles. The van der Waals surface area contributed by atoms with E-state index in [4.69, 9.17) is 48.9 Å². The molecular weight excluding hydrogens is 1020 g/mol. The topological polar surface area (TPSA) is 195 Å². The lowest BCUT2D eigenvalue weighted by atomic mass is 10.0. The number of phenolic OH excluding ortho intramolecular Hbond substituents is 2. The zero-order chi connectivity index (χ0) is 58.6. The second-order valence-corrected chi connectivity index (χ2v) is 20.7. The lowest BCUT2D eigenvalue weighted by Crippen LogP contribution is -2.23. The van der Waals surface area contributed by atoms with Crippen molar-refractivity contribution < 1.29 is 39.4 Å². The van der Waals surface area contributed by atoms with Gasteiger partial charge in [-0.05, 0) is 115 Å². The van der Waals surface area contributed by atoms with Crippen LogP contribution in [0.25, 0.3) is 68.3 Å². The molecule has 6 aromatic carbocycles. The van der Waals surface area contributed by atoms with Crippen molar-refractivity contribution in [3.8, 4) is 91.3 Å². The molecule has 0 radical (unpaired) electrons. The maximum Gasteiger partial charge on any atom is 0.167 e.